The van der Waals surface area contributed by atoms with Gasteiger partial charge >= 0.3 is 5.97 Å². The van der Waals surface area contributed by atoms with Crippen LogP contribution >= 0.6 is 15.9 Å². The first-order valence-corrected chi connectivity index (χ1v) is 10.7. The van der Waals surface area contributed by atoms with Crippen LogP contribution in [0.1, 0.15) is 36.3 Å². The number of hydrogen-bond donors (Lipinski definition) is 3. The Labute approximate surface area is 183 Å². The van der Waals surface area contributed by atoms with E-state index in [1.165, 1.54) is 0 Å². The first-order chi connectivity index (χ1) is 14.1. The highest BCUT2D eigenvalue weighted by molar-refractivity contribution is 9.09. The number of rotatable bonds is 9. The first-order valence-electron chi connectivity index (χ1n) is 9.54. The van der Waals surface area contributed by atoms with E-state index >= 15 is 0 Å². The van der Waals surface area contributed by atoms with Crippen LogP contribution in [0.3, 0.4) is 0 Å². The second kappa shape index (κ2) is 9.88. The van der Waals surface area contributed by atoms with Gasteiger partial charge in [0.15, 0.2) is 5.78 Å². The summed E-state index contributed by atoms with van der Waals surface area (Å²) in [5.74, 6) is -2.96. The number of hydrogen-bond acceptors (Lipinski definition) is 4. The molecule has 9 heteroatoms. The number of benzene rings is 1. The molecule has 30 heavy (non-hydrogen) atoms. The fourth-order valence-electron chi connectivity index (χ4n) is 3.42. The fraction of sp³-hybridized carbons (Fsp3) is 0.429. The minimum atomic E-state index is -1.20. The molecule has 0 aliphatic carbocycles. The van der Waals surface area contributed by atoms with Crippen LogP contribution in [0.2, 0.25) is 0 Å². The summed E-state index contributed by atoms with van der Waals surface area (Å²) in [7, 11) is 1.78. The number of nitrogens with zero attached hydrogens (tertiary/aromatic N) is 1. The van der Waals surface area contributed by atoms with Gasteiger partial charge in [0.25, 0.3) is 5.91 Å². The molecule has 1 aromatic heterocycles. The zero-order chi connectivity index (χ0) is 22.6. The van der Waals surface area contributed by atoms with Gasteiger partial charge in [0.1, 0.15) is 11.7 Å². The van der Waals surface area contributed by atoms with Crippen LogP contribution < -0.4 is 10.6 Å². The Morgan fingerprint density at radius 1 is 1.13 bits per heavy atom. The highest BCUT2D eigenvalue weighted by Crippen LogP contribution is 2.24. The SMILES string of the molecule is Cc1c(C(=O)NC(C(=O)NC(CC(=O)O)C(=O)CBr)C(C)C)n(C)c2ccccc12. The van der Waals surface area contributed by atoms with E-state index in [0.717, 1.165) is 16.5 Å². The number of aryl methyl sites for hydroxylation is 2. The lowest BCUT2D eigenvalue weighted by Gasteiger charge is -2.24. The van der Waals surface area contributed by atoms with Gasteiger partial charge in [-0.1, -0.05) is 48.0 Å². The van der Waals surface area contributed by atoms with Crippen molar-refractivity contribution in [2.45, 2.75) is 39.3 Å². The number of fused-ring (bicyclic) bond motifs is 1. The molecular weight excluding hydrogens is 454 g/mol. The van der Waals surface area contributed by atoms with Gasteiger partial charge in [0.2, 0.25) is 5.91 Å². The van der Waals surface area contributed by atoms with Gasteiger partial charge in [-0.25, -0.2) is 0 Å². The minimum Gasteiger partial charge on any atom is -0.481 e. The predicted octanol–water partition coefficient (Wildman–Crippen LogP) is 2.16. The van der Waals surface area contributed by atoms with Crippen LogP contribution in [0, 0.1) is 12.8 Å². The van der Waals surface area contributed by atoms with Gasteiger partial charge in [0.05, 0.1) is 17.8 Å². The molecule has 1 aromatic carbocycles. The Hall–Kier alpha value is -2.68. The number of nitrogens with one attached hydrogen (secondary N) is 2. The monoisotopic (exact) mass is 479 g/mol. The quantitative estimate of drug-likeness (QED) is 0.476. The van der Waals surface area contributed by atoms with Gasteiger partial charge in [-0.3, -0.25) is 19.2 Å². The Morgan fingerprint density at radius 3 is 2.30 bits per heavy atom. The van der Waals surface area contributed by atoms with Crippen LogP contribution in [0.15, 0.2) is 24.3 Å². The standard InChI is InChI=1S/C21H26BrN3O5/c1-11(2)18(20(29)23-14(9-17(27)28)16(26)10-22)24-21(30)19-12(3)13-7-5-6-8-15(13)25(19)4/h5-8,11,14,18H,9-10H2,1-4H3,(H,23,29)(H,24,30)(H,27,28). The number of alkyl halides is 1. The Kier molecular flexibility index (Phi) is 7.77. The molecule has 0 saturated carbocycles. The number of Topliss-reactive ketones (excluding diaryl/α,β-unsaturated/α-hetero) is 1. The molecule has 2 rings (SSSR count). The highest BCUT2D eigenvalue weighted by Gasteiger charge is 2.31. The number of carboxylic acids is 1. The summed E-state index contributed by atoms with van der Waals surface area (Å²) >= 11 is 3.00. The molecule has 0 fully saturated rings. The lowest BCUT2D eigenvalue weighted by atomic mass is 10.0. The first kappa shape index (κ1) is 23.6. The van der Waals surface area contributed by atoms with E-state index in [0.29, 0.717) is 5.69 Å². The number of carboxylic acid groups (broad SMARTS) is 1. The number of carbonyl (C=O) groups excluding carboxylic acids is 3. The van der Waals surface area contributed by atoms with E-state index in [1.807, 2.05) is 31.2 Å². The molecule has 0 aliphatic heterocycles. The van der Waals surface area contributed by atoms with Crippen molar-refractivity contribution in [2.75, 3.05) is 5.33 Å². The van der Waals surface area contributed by atoms with Gasteiger partial charge in [-0.2, -0.15) is 0 Å². The Morgan fingerprint density at radius 2 is 1.77 bits per heavy atom. The normalized spacial score (nSPS) is 13.1. The van der Waals surface area contributed by atoms with Crippen LogP contribution in [-0.2, 0) is 21.4 Å². The summed E-state index contributed by atoms with van der Waals surface area (Å²) in [6.07, 6.45) is -0.531. The molecule has 162 valence electrons. The zero-order valence-electron chi connectivity index (χ0n) is 17.4. The van der Waals surface area contributed by atoms with E-state index in [2.05, 4.69) is 26.6 Å². The third kappa shape index (κ3) is 5.08. The number of aliphatic carboxylic acids is 1. The van der Waals surface area contributed by atoms with E-state index < -0.39 is 42.1 Å². The fourth-order valence-corrected chi connectivity index (χ4v) is 3.82. The van der Waals surface area contributed by atoms with Crippen LogP contribution in [0.25, 0.3) is 10.9 Å². The van der Waals surface area contributed by atoms with Gasteiger partial charge in [0, 0.05) is 18.0 Å². The molecular formula is C21H26BrN3O5. The molecule has 0 bridgehead atoms. The molecule has 2 unspecified atom stereocenters. The Bertz CT molecular complexity index is 943. The second-order valence-electron chi connectivity index (χ2n) is 7.50. The lowest BCUT2D eigenvalue weighted by Crippen LogP contribution is -2.54. The van der Waals surface area contributed by atoms with Gasteiger partial charge in [-0.05, 0) is 24.5 Å². The summed E-state index contributed by atoms with van der Waals surface area (Å²) in [6, 6.07) is 5.51. The predicted molar refractivity (Wildman–Crippen MR) is 117 cm³/mol. The molecule has 2 amide bonds. The van der Waals surface area contributed by atoms with E-state index in [9.17, 15) is 19.2 Å². The summed E-state index contributed by atoms with van der Waals surface area (Å²) in [4.78, 5) is 48.9. The minimum absolute atomic E-state index is 0.0843. The molecule has 2 aromatic rings. The maximum absolute atomic E-state index is 13.0. The van der Waals surface area contributed by atoms with Crippen molar-refractivity contribution in [3.63, 3.8) is 0 Å². The van der Waals surface area contributed by atoms with Crippen molar-refractivity contribution in [3.8, 4) is 0 Å². The summed E-state index contributed by atoms with van der Waals surface area (Å²) < 4.78 is 1.77. The molecule has 3 N–H and O–H groups in total. The molecule has 8 nitrogen and oxygen atoms in total. The third-order valence-corrected chi connectivity index (χ3v) is 5.58. The Balaban J connectivity index is 2.27. The maximum Gasteiger partial charge on any atom is 0.305 e. The number of amides is 2. The summed E-state index contributed by atoms with van der Waals surface area (Å²) in [6.45, 7) is 5.37. The smallest absolute Gasteiger partial charge is 0.305 e. The van der Waals surface area contributed by atoms with Crippen molar-refractivity contribution >= 4 is 50.4 Å². The van der Waals surface area contributed by atoms with Gasteiger partial charge < -0.3 is 20.3 Å². The van der Waals surface area contributed by atoms with Crippen molar-refractivity contribution in [1.82, 2.24) is 15.2 Å². The van der Waals surface area contributed by atoms with Crippen molar-refractivity contribution in [3.05, 3.63) is 35.5 Å². The van der Waals surface area contributed by atoms with Gasteiger partial charge in [-0.15, -0.1) is 0 Å². The summed E-state index contributed by atoms with van der Waals surface area (Å²) in [5.41, 5.74) is 2.13. The summed E-state index contributed by atoms with van der Waals surface area (Å²) in [5, 5.41) is 15.1. The number of ketones is 1. The van der Waals surface area contributed by atoms with Crippen LogP contribution in [0.5, 0.6) is 0 Å². The van der Waals surface area contributed by atoms with Crippen molar-refractivity contribution < 1.29 is 24.3 Å². The number of halogens is 1. The zero-order valence-corrected chi connectivity index (χ0v) is 18.9. The van der Waals surface area contributed by atoms with E-state index in [4.69, 9.17) is 5.11 Å². The number of carbonyl (C=O) groups is 4. The van der Waals surface area contributed by atoms with Crippen molar-refractivity contribution in [1.29, 1.82) is 0 Å². The molecule has 0 aliphatic rings. The largest absolute Gasteiger partial charge is 0.481 e. The van der Waals surface area contributed by atoms with Crippen molar-refractivity contribution in [2.24, 2.45) is 13.0 Å². The average Bonchev–Trinajstić information content (AvgIpc) is 2.95. The van der Waals surface area contributed by atoms with E-state index in [-0.39, 0.29) is 11.2 Å². The second-order valence-corrected chi connectivity index (χ2v) is 8.06. The molecule has 0 saturated heterocycles. The number of para-hydroxylation sites is 1. The molecule has 1 heterocycles. The van der Waals surface area contributed by atoms with Crippen LogP contribution in [0.4, 0.5) is 0 Å². The maximum atomic E-state index is 13.0. The van der Waals surface area contributed by atoms with Crippen LogP contribution in [-0.4, -0.2) is 50.7 Å². The highest BCUT2D eigenvalue weighted by atomic mass is 79.9. The topological polar surface area (TPSA) is 118 Å². The lowest BCUT2D eigenvalue weighted by molar-refractivity contribution is -0.140. The third-order valence-electron chi connectivity index (χ3n) is 5.03. The molecule has 0 radical (unpaired) electrons. The average molecular weight is 480 g/mol. The molecule has 0 spiro atoms. The molecule has 2 atom stereocenters. The number of aromatic nitrogens is 1. The van der Waals surface area contributed by atoms with E-state index in [1.54, 1.807) is 25.5 Å².